The molecule has 0 amide bonds. The summed E-state index contributed by atoms with van der Waals surface area (Å²) in [4.78, 5) is 2.45. The van der Waals surface area contributed by atoms with Crippen molar-refractivity contribution in [2.24, 2.45) is 5.73 Å². The zero-order valence-corrected chi connectivity index (χ0v) is 12.4. The van der Waals surface area contributed by atoms with Crippen molar-refractivity contribution in [1.29, 1.82) is 0 Å². The monoisotopic (exact) mass is 284 g/mol. The minimum atomic E-state index is 0.110. The van der Waals surface area contributed by atoms with Crippen LogP contribution in [0.5, 0.6) is 0 Å². The predicted molar refractivity (Wildman–Crippen MR) is 81.4 cm³/mol. The van der Waals surface area contributed by atoms with Gasteiger partial charge in [0, 0.05) is 22.9 Å². The molecule has 0 saturated carbocycles. The minimum absolute atomic E-state index is 0.110. The Hall–Kier alpha value is -0.220. The van der Waals surface area contributed by atoms with E-state index in [4.69, 9.17) is 17.3 Å². The molecule has 2 unspecified atom stereocenters. The Bertz CT molecular complexity index is 363. The van der Waals surface area contributed by atoms with Crippen molar-refractivity contribution in [3.8, 4) is 0 Å². The first-order chi connectivity index (χ1) is 8.66. The van der Waals surface area contributed by atoms with Crippen molar-refractivity contribution >= 4 is 23.4 Å². The van der Waals surface area contributed by atoms with Crippen LogP contribution in [0, 0.1) is 0 Å². The fourth-order valence-electron chi connectivity index (χ4n) is 2.27. The van der Waals surface area contributed by atoms with Crippen molar-refractivity contribution in [1.82, 2.24) is 4.90 Å². The average Bonchev–Trinajstić information content (AvgIpc) is 2.90. The van der Waals surface area contributed by atoms with Gasteiger partial charge in [-0.15, -0.1) is 0 Å². The second-order valence-electron chi connectivity index (χ2n) is 4.94. The standard InChI is InChI=1S/C14H21ClN2S/c1-17(13-7-9-18-10-13)8-6-14(16)11-2-4-12(15)5-3-11/h2-5,13-14H,6-10,16H2,1H3. The topological polar surface area (TPSA) is 29.3 Å². The van der Waals surface area contributed by atoms with E-state index in [2.05, 4.69) is 23.7 Å². The largest absolute Gasteiger partial charge is 0.324 e. The van der Waals surface area contributed by atoms with E-state index < -0.39 is 0 Å². The van der Waals surface area contributed by atoms with Gasteiger partial charge in [-0.3, -0.25) is 0 Å². The molecule has 1 aromatic rings. The first kappa shape index (κ1) is 14.2. The summed E-state index contributed by atoms with van der Waals surface area (Å²) in [6.45, 7) is 1.06. The molecule has 1 aliphatic rings. The van der Waals surface area contributed by atoms with E-state index >= 15 is 0 Å². The SMILES string of the molecule is CN(CCC(N)c1ccc(Cl)cc1)C1CCSC1. The molecule has 4 heteroatoms. The number of rotatable bonds is 5. The molecular formula is C14H21ClN2S. The van der Waals surface area contributed by atoms with E-state index in [0.29, 0.717) is 0 Å². The predicted octanol–water partition coefficient (Wildman–Crippen LogP) is 3.17. The molecule has 1 aromatic carbocycles. The fourth-order valence-corrected chi connectivity index (χ4v) is 3.70. The van der Waals surface area contributed by atoms with Crippen LogP contribution in [0.1, 0.15) is 24.4 Å². The molecule has 2 rings (SSSR count). The van der Waals surface area contributed by atoms with Crippen LogP contribution in [0.3, 0.4) is 0 Å². The maximum Gasteiger partial charge on any atom is 0.0406 e. The molecule has 18 heavy (non-hydrogen) atoms. The maximum absolute atomic E-state index is 6.22. The summed E-state index contributed by atoms with van der Waals surface area (Å²) in [5, 5.41) is 0.769. The molecule has 0 aromatic heterocycles. The quantitative estimate of drug-likeness (QED) is 0.901. The lowest BCUT2D eigenvalue weighted by Crippen LogP contribution is -2.33. The second-order valence-corrected chi connectivity index (χ2v) is 6.53. The van der Waals surface area contributed by atoms with Crippen molar-refractivity contribution in [3.63, 3.8) is 0 Å². The molecule has 100 valence electrons. The van der Waals surface area contributed by atoms with E-state index in [1.165, 1.54) is 23.5 Å². The summed E-state index contributed by atoms with van der Waals surface area (Å²) in [7, 11) is 2.21. The Kier molecular flexibility index (Phi) is 5.37. The Labute approximate surface area is 119 Å². The molecule has 1 aliphatic heterocycles. The molecule has 1 fully saturated rings. The number of thioether (sulfide) groups is 1. The third-order valence-electron chi connectivity index (χ3n) is 3.62. The van der Waals surface area contributed by atoms with Crippen LogP contribution in [0.25, 0.3) is 0 Å². The summed E-state index contributed by atoms with van der Waals surface area (Å²) >= 11 is 7.93. The highest BCUT2D eigenvalue weighted by Gasteiger charge is 2.20. The summed E-state index contributed by atoms with van der Waals surface area (Å²) in [5.41, 5.74) is 7.39. The molecule has 2 atom stereocenters. The van der Waals surface area contributed by atoms with Crippen LogP contribution in [-0.4, -0.2) is 36.0 Å². The van der Waals surface area contributed by atoms with Crippen LogP contribution in [0.2, 0.25) is 5.02 Å². The third kappa shape index (κ3) is 3.89. The molecule has 2 nitrogen and oxygen atoms in total. The summed E-state index contributed by atoms with van der Waals surface area (Å²) in [6, 6.07) is 8.73. The van der Waals surface area contributed by atoms with Crippen molar-refractivity contribution in [2.45, 2.75) is 24.9 Å². The van der Waals surface area contributed by atoms with Gasteiger partial charge in [0.05, 0.1) is 0 Å². The van der Waals surface area contributed by atoms with E-state index in [1.807, 2.05) is 24.3 Å². The van der Waals surface area contributed by atoms with Crippen LogP contribution in [0.15, 0.2) is 24.3 Å². The molecule has 1 saturated heterocycles. The zero-order valence-electron chi connectivity index (χ0n) is 10.8. The zero-order chi connectivity index (χ0) is 13.0. The van der Waals surface area contributed by atoms with Crippen molar-refractivity contribution in [3.05, 3.63) is 34.9 Å². The maximum atomic E-state index is 6.22. The highest BCUT2D eigenvalue weighted by Crippen LogP contribution is 2.23. The van der Waals surface area contributed by atoms with Crippen LogP contribution in [0.4, 0.5) is 0 Å². The molecular weight excluding hydrogens is 264 g/mol. The van der Waals surface area contributed by atoms with Gasteiger partial charge in [-0.25, -0.2) is 0 Å². The molecule has 2 N–H and O–H groups in total. The van der Waals surface area contributed by atoms with Crippen LogP contribution in [-0.2, 0) is 0 Å². The van der Waals surface area contributed by atoms with E-state index in [1.54, 1.807) is 0 Å². The van der Waals surface area contributed by atoms with Gasteiger partial charge in [0.1, 0.15) is 0 Å². The fraction of sp³-hybridized carbons (Fsp3) is 0.571. The second kappa shape index (κ2) is 6.80. The van der Waals surface area contributed by atoms with Crippen LogP contribution >= 0.6 is 23.4 Å². The number of nitrogens with two attached hydrogens (primary N) is 1. The number of hydrogen-bond donors (Lipinski definition) is 1. The van der Waals surface area contributed by atoms with Gasteiger partial charge >= 0.3 is 0 Å². The van der Waals surface area contributed by atoms with Gasteiger partial charge in [0.15, 0.2) is 0 Å². The lowest BCUT2D eigenvalue weighted by Gasteiger charge is -2.25. The molecule has 0 aliphatic carbocycles. The molecule has 0 bridgehead atoms. The Balaban J connectivity index is 1.80. The van der Waals surface area contributed by atoms with Gasteiger partial charge in [0.2, 0.25) is 0 Å². The van der Waals surface area contributed by atoms with Crippen molar-refractivity contribution in [2.75, 3.05) is 25.1 Å². The lowest BCUT2D eigenvalue weighted by molar-refractivity contribution is 0.253. The highest BCUT2D eigenvalue weighted by molar-refractivity contribution is 7.99. The van der Waals surface area contributed by atoms with Gasteiger partial charge in [0.25, 0.3) is 0 Å². The Morgan fingerprint density at radius 3 is 2.78 bits per heavy atom. The number of halogens is 1. The lowest BCUT2D eigenvalue weighted by atomic mass is 10.0. The minimum Gasteiger partial charge on any atom is -0.324 e. The summed E-state index contributed by atoms with van der Waals surface area (Å²) in [5.74, 6) is 2.57. The Morgan fingerprint density at radius 2 is 2.17 bits per heavy atom. The molecule has 0 radical (unpaired) electrons. The van der Waals surface area contributed by atoms with Gasteiger partial charge in [-0.05, 0) is 49.9 Å². The smallest absolute Gasteiger partial charge is 0.0406 e. The number of benzene rings is 1. The first-order valence-corrected chi connectivity index (χ1v) is 7.99. The highest BCUT2D eigenvalue weighted by atomic mass is 35.5. The van der Waals surface area contributed by atoms with Gasteiger partial charge < -0.3 is 10.6 Å². The van der Waals surface area contributed by atoms with Crippen LogP contribution < -0.4 is 5.73 Å². The van der Waals surface area contributed by atoms with E-state index in [0.717, 1.165) is 24.0 Å². The number of nitrogens with zero attached hydrogens (tertiary/aromatic N) is 1. The van der Waals surface area contributed by atoms with Gasteiger partial charge in [-0.2, -0.15) is 11.8 Å². The first-order valence-electron chi connectivity index (χ1n) is 6.46. The normalized spacial score (nSPS) is 21.4. The average molecular weight is 285 g/mol. The van der Waals surface area contributed by atoms with E-state index in [-0.39, 0.29) is 6.04 Å². The van der Waals surface area contributed by atoms with Crippen molar-refractivity contribution < 1.29 is 0 Å². The molecule has 0 spiro atoms. The summed E-state index contributed by atoms with van der Waals surface area (Å²) in [6.07, 6.45) is 2.32. The van der Waals surface area contributed by atoms with E-state index in [9.17, 15) is 0 Å². The summed E-state index contributed by atoms with van der Waals surface area (Å²) < 4.78 is 0. The number of hydrogen-bond acceptors (Lipinski definition) is 3. The van der Waals surface area contributed by atoms with Gasteiger partial charge in [-0.1, -0.05) is 23.7 Å². The Morgan fingerprint density at radius 1 is 1.44 bits per heavy atom. The third-order valence-corrected chi connectivity index (χ3v) is 5.02. The molecule has 1 heterocycles.